The molecular formula is C20H21F3N6O3. The van der Waals surface area contributed by atoms with Crippen molar-refractivity contribution in [3.63, 3.8) is 0 Å². The normalized spacial score (nSPS) is 23.3. The number of nitrogens with two attached hydrogens (primary N) is 1. The third kappa shape index (κ3) is 3.85. The Morgan fingerprint density at radius 3 is 2.56 bits per heavy atom. The molecule has 0 radical (unpaired) electrons. The lowest BCUT2D eigenvalue weighted by atomic mass is 9.71. The lowest BCUT2D eigenvalue weighted by Gasteiger charge is -2.46. The number of Topliss-reactive ketones (excluding diaryl/α,β-unsaturated/α-hetero) is 1. The summed E-state index contributed by atoms with van der Waals surface area (Å²) in [7, 11) is 0. The third-order valence-corrected chi connectivity index (χ3v) is 5.50. The largest absolute Gasteiger partial charge is 0.435 e. The molecule has 1 spiro atoms. The fourth-order valence-corrected chi connectivity index (χ4v) is 4.22. The van der Waals surface area contributed by atoms with E-state index in [0.717, 1.165) is 10.9 Å². The van der Waals surface area contributed by atoms with E-state index < -0.39 is 34.4 Å². The number of hydrogen-bond acceptors (Lipinski definition) is 7. The zero-order chi connectivity index (χ0) is 23.3. The summed E-state index contributed by atoms with van der Waals surface area (Å²) in [6, 6.07) is 1.51. The van der Waals surface area contributed by atoms with E-state index in [4.69, 9.17) is 10.5 Å². The van der Waals surface area contributed by atoms with Crippen molar-refractivity contribution in [2.45, 2.75) is 32.0 Å². The molecule has 1 fully saturated rings. The van der Waals surface area contributed by atoms with Crippen LogP contribution in [0.15, 0.2) is 36.4 Å². The summed E-state index contributed by atoms with van der Waals surface area (Å²) < 4.78 is 47.7. The maximum atomic E-state index is 13.7. The molecule has 32 heavy (non-hydrogen) atoms. The molecule has 12 heteroatoms. The lowest BCUT2D eigenvalue weighted by molar-refractivity contribution is -0.142. The highest BCUT2D eigenvalue weighted by Gasteiger charge is 2.49. The second-order valence-corrected chi connectivity index (χ2v) is 8.51. The van der Waals surface area contributed by atoms with E-state index in [2.05, 4.69) is 15.1 Å². The molecule has 0 bridgehead atoms. The van der Waals surface area contributed by atoms with Crippen molar-refractivity contribution in [2.24, 2.45) is 11.1 Å². The van der Waals surface area contributed by atoms with Gasteiger partial charge in [-0.3, -0.25) is 9.59 Å². The highest BCUT2D eigenvalue weighted by molar-refractivity contribution is 6.00. The molecule has 1 aliphatic carbocycles. The van der Waals surface area contributed by atoms with Crippen molar-refractivity contribution in [1.29, 1.82) is 0 Å². The van der Waals surface area contributed by atoms with Crippen LogP contribution in [0.4, 0.5) is 13.2 Å². The van der Waals surface area contributed by atoms with Crippen molar-refractivity contribution in [1.82, 2.24) is 24.6 Å². The Morgan fingerprint density at radius 1 is 1.25 bits per heavy atom. The Morgan fingerprint density at radius 2 is 1.94 bits per heavy atom. The van der Waals surface area contributed by atoms with Gasteiger partial charge in [0.05, 0.1) is 24.4 Å². The molecule has 9 nitrogen and oxygen atoms in total. The number of ether oxygens (including phenoxy) is 1. The number of alkyl halides is 3. The molecule has 1 atom stereocenters. The van der Waals surface area contributed by atoms with Crippen molar-refractivity contribution < 1.29 is 27.5 Å². The fraction of sp³-hybridized carbons (Fsp3) is 0.450. The van der Waals surface area contributed by atoms with Gasteiger partial charge >= 0.3 is 6.18 Å². The molecule has 2 aromatic heterocycles. The van der Waals surface area contributed by atoms with Gasteiger partial charge in [0.1, 0.15) is 5.60 Å². The molecule has 0 saturated carbocycles. The number of amides is 1. The molecule has 1 amide bonds. The topological polar surface area (TPSA) is 116 Å². The van der Waals surface area contributed by atoms with Gasteiger partial charge in [-0.05, 0) is 18.6 Å². The van der Waals surface area contributed by atoms with Gasteiger partial charge in [0.15, 0.2) is 11.5 Å². The van der Waals surface area contributed by atoms with Gasteiger partial charge in [0.25, 0.3) is 5.91 Å². The van der Waals surface area contributed by atoms with Gasteiger partial charge < -0.3 is 15.4 Å². The van der Waals surface area contributed by atoms with Crippen LogP contribution in [0.1, 0.15) is 36.3 Å². The summed E-state index contributed by atoms with van der Waals surface area (Å²) >= 11 is 0. The molecule has 0 aromatic carbocycles. The molecule has 1 aliphatic heterocycles. The number of aromatic nitrogens is 4. The van der Waals surface area contributed by atoms with Gasteiger partial charge in [-0.1, -0.05) is 13.8 Å². The second-order valence-electron chi connectivity index (χ2n) is 8.51. The van der Waals surface area contributed by atoms with Gasteiger partial charge in [-0.2, -0.15) is 18.3 Å². The van der Waals surface area contributed by atoms with E-state index >= 15 is 0 Å². The van der Waals surface area contributed by atoms with Crippen LogP contribution >= 0.6 is 0 Å². The minimum Gasteiger partial charge on any atom is -0.396 e. The average Bonchev–Trinajstić information content (AvgIpc) is 3.18. The number of rotatable bonds is 2. The van der Waals surface area contributed by atoms with E-state index in [1.165, 1.54) is 29.4 Å². The van der Waals surface area contributed by atoms with Crippen molar-refractivity contribution in [3.05, 3.63) is 47.7 Å². The standard InChI is InChI=1S/C20H21F3N6O3/c1-18(2)10-19(8-13(24)15(18)30)11-28(6-7-32-19)16(31)12-9-29(17-25-4-3-5-26-17)27-14(12)20(21,22)23/h3-5,8-9H,6-7,10-11,24H2,1-2H3. The molecule has 1 unspecified atom stereocenters. The van der Waals surface area contributed by atoms with Crippen molar-refractivity contribution in [2.75, 3.05) is 19.7 Å². The number of ketones is 1. The monoisotopic (exact) mass is 450 g/mol. The first-order valence-corrected chi connectivity index (χ1v) is 9.83. The van der Waals surface area contributed by atoms with Crippen LogP contribution in [-0.4, -0.2) is 61.6 Å². The van der Waals surface area contributed by atoms with E-state index in [1.807, 2.05) is 0 Å². The van der Waals surface area contributed by atoms with Gasteiger partial charge in [0, 0.05) is 30.6 Å². The summed E-state index contributed by atoms with van der Waals surface area (Å²) in [5, 5.41) is 3.53. The Labute approximate surface area is 181 Å². The summed E-state index contributed by atoms with van der Waals surface area (Å²) in [4.78, 5) is 34.6. The van der Waals surface area contributed by atoms with Gasteiger partial charge in [-0.15, -0.1) is 0 Å². The predicted octanol–water partition coefficient (Wildman–Crippen LogP) is 1.73. The molecule has 2 aliphatic rings. The number of hydrogen-bond donors (Lipinski definition) is 1. The quantitative estimate of drug-likeness (QED) is 0.741. The Kier molecular flexibility index (Phi) is 5.07. The summed E-state index contributed by atoms with van der Waals surface area (Å²) in [6.45, 7) is 3.54. The number of nitrogens with zero attached hydrogens (tertiary/aromatic N) is 5. The Hall–Kier alpha value is -3.28. The van der Waals surface area contributed by atoms with E-state index in [0.29, 0.717) is 0 Å². The smallest absolute Gasteiger partial charge is 0.396 e. The van der Waals surface area contributed by atoms with Gasteiger partial charge in [-0.25, -0.2) is 14.6 Å². The predicted molar refractivity (Wildman–Crippen MR) is 104 cm³/mol. The number of carbonyl (C=O) groups excluding carboxylic acids is 2. The molecule has 3 heterocycles. The summed E-state index contributed by atoms with van der Waals surface area (Å²) in [5.74, 6) is -1.19. The number of morpholine rings is 1. The van der Waals surface area contributed by atoms with Crippen molar-refractivity contribution >= 4 is 11.7 Å². The van der Waals surface area contributed by atoms with Crippen LogP contribution in [0.2, 0.25) is 0 Å². The second kappa shape index (κ2) is 7.40. The molecule has 170 valence electrons. The average molecular weight is 450 g/mol. The molecule has 4 rings (SSSR count). The van der Waals surface area contributed by atoms with E-state index in [1.54, 1.807) is 13.8 Å². The lowest BCUT2D eigenvalue weighted by Crippen LogP contribution is -2.57. The van der Waals surface area contributed by atoms with Crippen LogP contribution in [0, 0.1) is 5.41 Å². The highest BCUT2D eigenvalue weighted by Crippen LogP contribution is 2.41. The third-order valence-electron chi connectivity index (χ3n) is 5.50. The number of halogens is 3. The first kappa shape index (κ1) is 21.9. The number of allylic oxidation sites excluding steroid dienone is 1. The summed E-state index contributed by atoms with van der Waals surface area (Å²) in [5.41, 5.74) is 2.06. The molecule has 2 N–H and O–H groups in total. The number of carbonyl (C=O) groups is 2. The zero-order valence-corrected chi connectivity index (χ0v) is 17.4. The maximum absolute atomic E-state index is 13.7. The maximum Gasteiger partial charge on any atom is 0.435 e. The summed E-state index contributed by atoms with van der Waals surface area (Å²) in [6.07, 6.45) is 0.527. The van der Waals surface area contributed by atoms with Crippen LogP contribution in [0.5, 0.6) is 0 Å². The van der Waals surface area contributed by atoms with Crippen LogP contribution in [-0.2, 0) is 15.7 Å². The van der Waals surface area contributed by atoms with Crippen LogP contribution in [0.3, 0.4) is 0 Å². The van der Waals surface area contributed by atoms with E-state index in [9.17, 15) is 22.8 Å². The van der Waals surface area contributed by atoms with Crippen molar-refractivity contribution in [3.8, 4) is 5.95 Å². The van der Waals surface area contributed by atoms with Crippen LogP contribution in [0.25, 0.3) is 5.95 Å². The first-order valence-electron chi connectivity index (χ1n) is 9.83. The molecule has 1 saturated heterocycles. The van der Waals surface area contributed by atoms with E-state index in [-0.39, 0.29) is 43.5 Å². The first-order chi connectivity index (χ1) is 14.9. The highest BCUT2D eigenvalue weighted by atomic mass is 19.4. The Balaban J connectivity index is 1.69. The minimum atomic E-state index is -4.86. The molecular weight excluding hydrogens is 429 g/mol. The fourth-order valence-electron chi connectivity index (χ4n) is 4.22. The Bertz CT molecular complexity index is 1100. The SMILES string of the molecule is CC1(C)CC2(C=C(N)C1=O)CN(C(=O)c1cn(-c3ncccn3)nc1C(F)(F)F)CCO2. The molecule has 2 aromatic rings. The minimum absolute atomic E-state index is 0.0144. The van der Waals surface area contributed by atoms with Gasteiger partial charge in [0.2, 0.25) is 5.95 Å². The zero-order valence-electron chi connectivity index (χ0n) is 17.4. The van der Waals surface area contributed by atoms with Crippen LogP contribution < -0.4 is 5.73 Å².